The number of rotatable bonds is 4. The molecule has 0 spiro atoms. The zero-order chi connectivity index (χ0) is 12.4. The summed E-state index contributed by atoms with van der Waals surface area (Å²) in [5.74, 6) is 0.816. The van der Waals surface area contributed by atoms with Gasteiger partial charge in [-0.2, -0.15) is 10.2 Å². The average Bonchev–Trinajstić information content (AvgIpc) is 3.23. The molecule has 92 valence electrons. The molecule has 4 nitrogen and oxygen atoms in total. The molecule has 1 saturated carbocycles. The van der Waals surface area contributed by atoms with Gasteiger partial charge < -0.3 is 9.84 Å². The standard InChI is InChI=1S/C14H14N2O2/c17-14(11-6-7-15-16-9-11)10-2-1-3-13(8-10)18-12-4-5-12/h1-3,6-9,12,14,17H,4-5H2. The molecule has 2 aromatic rings. The third kappa shape index (κ3) is 2.49. The molecular formula is C14H14N2O2. The molecule has 0 saturated heterocycles. The Morgan fingerprint density at radius 1 is 1.17 bits per heavy atom. The second-order valence-corrected chi connectivity index (χ2v) is 4.47. The molecule has 1 aliphatic carbocycles. The highest BCUT2D eigenvalue weighted by Gasteiger charge is 2.23. The number of hydrogen-bond donors (Lipinski definition) is 1. The first kappa shape index (κ1) is 11.2. The van der Waals surface area contributed by atoms with Gasteiger partial charge in [0.2, 0.25) is 0 Å². The smallest absolute Gasteiger partial charge is 0.120 e. The van der Waals surface area contributed by atoms with Gasteiger partial charge in [0, 0.05) is 11.8 Å². The van der Waals surface area contributed by atoms with Crippen LogP contribution in [0.2, 0.25) is 0 Å². The molecule has 3 rings (SSSR count). The van der Waals surface area contributed by atoms with E-state index in [2.05, 4.69) is 10.2 Å². The van der Waals surface area contributed by atoms with Gasteiger partial charge in [-0.15, -0.1) is 0 Å². The van der Waals surface area contributed by atoms with Gasteiger partial charge >= 0.3 is 0 Å². The van der Waals surface area contributed by atoms with Crippen LogP contribution in [0.25, 0.3) is 0 Å². The SMILES string of the molecule is OC(c1ccnnc1)c1cccc(OC2CC2)c1. The summed E-state index contributed by atoms with van der Waals surface area (Å²) in [6.07, 6.45) is 5.06. The number of nitrogens with zero attached hydrogens (tertiary/aromatic N) is 2. The summed E-state index contributed by atoms with van der Waals surface area (Å²) >= 11 is 0. The zero-order valence-corrected chi connectivity index (χ0v) is 9.86. The third-order valence-corrected chi connectivity index (χ3v) is 2.92. The van der Waals surface area contributed by atoms with Crippen LogP contribution in [0.3, 0.4) is 0 Å². The molecule has 18 heavy (non-hydrogen) atoms. The second-order valence-electron chi connectivity index (χ2n) is 4.47. The normalized spacial score (nSPS) is 16.3. The van der Waals surface area contributed by atoms with Crippen molar-refractivity contribution < 1.29 is 9.84 Å². The Morgan fingerprint density at radius 3 is 2.78 bits per heavy atom. The van der Waals surface area contributed by atoms with Crippen LogP contribution in [0.15, 0.2) is 42.7 Å². The van der Waals surface area contributed by atoms with Crippen molar-refractivity contribution >= 4 is 0 Å². The minimum Gasteiger partial charge on any atom is -0.490 e. The third-order valence-electron chi connectivity index (χ3n) is 2.92. The Hall–Kier alpha value is -1.94. The number of aliphatic hydroxyl groups excluding tert-OH is 1. The van der Waals surface area contributed by atoms with Gasteiger partial charge in [-0.3, -0.25) is 0 Å². The minimum atomic E-state index is -0.691. The van der Waals surface area contributed by atoms with Crippen molar-refractivity contribution in [3.8, 4) is 5.75 Å². The van der Waals surface area contributed by atoms with Gasteiger partial charge in [-0.05, 0) is 36.6 Å². The van der Waals surface area contributed by atoms with E-state index in [1.807, 2.05) is 24.3 Å². The number of ether oxygens (including phenoxy) is 1. The van der Waals surface area contributed by atoms with Crippen LogP contribution < -0.4 is 4.74 Å². The summed E-state index contributed by atoms with van der Waals surface area (Å²) in [6, 6.07) is 9.32. The molecule has 0 amide bonds. The lowest BCUT2D eigenvalue weighted by atomic mass is 10.0. The topological polar surface area (TPSA) is 55.2 Å². The maximum atomic E-state index is 10.2. The van der Waals surface area contributed by atoms with Crippen LogP contribution in [0.4, 0.5) is 0 Å². The van der Waals surface area contributed by atoms with Crippen LogP contribution in [0, 0.1) is 0 Å². The van der Waals surface area contributed by atoms with Gasteiger partial charge in [0.25, 0.3) is 0 Å². The molecule has 1 fully saturated rings. The van der Waals surface area contributed by atoms with E-state index in [1.165, 1.54) is 0 Å². The van der Waals surface area contributed by atoms with E-state index in [9.17, 15) is 5.11 Å². The van der Waals surface area contributed by atoms with E-state index in [4.69, 9.17) is 4.74 Å². The predicted molar refractivity (Wildman–Crippen MR) is 66.2 cm³/mol. The fourth-order valence-corrected chi connectivity index (χ4v) is 1.79. The van der Waals surface area contributed by atoms with E-state index in [1.54, 1.807) is 18.5 Å². The lowest BCUT2D eigenvalue weighted by Gasteiger charge is -2.12. The first-order chi connectivity index (χ1) is 8.83. The van der Waals surface area contributed by atoms with E-state index >= 15 is 0 Å². The largest absolute Gasteiger partial charge is 0.490 e. The molecule has 1 aromatic heterocycles. The fraction of sp³-hybridized carbons (Fsp3) is 0.286. The number of aromatic nitrogens is 2. The summed E-state index contributed by atoms with van der Waals surface area (Å²) in [5.41, 5.74) is 1.54. The summed E-state index contributed by atoms with van der Waals surface area (Å²) in [6.45, 7) is 0. The monoisotopic (exact) mass is 242 g/mol. The predicted octanol–water partition coefficient (Wildman–Crippen LogP) is 2.10. The molecule has 1 aliphatic rings. The maximum Gasteiger partial charge on any atom is 0.120 e. The minimum absolute atomic E-state index is 0.361. The van der Waals surface area contributed by atoms with E-state index < -0.39 is 6.10 Å². The number of aliphatic hydroxyl groups is 1. The van der Waals surface area contributed by atoms with Crippen LogP contribution in [0.1, 0.15) is 30.1 Å². The van der Waals surface area contributed by atoms with E-state index in [0.29, 0.717) is 6.10 Å². The van der Waals surface area contributed by atoms with Gasteiger partial charge in [-0.25, -0.2) is 0 Å². The average molecular weight is 242 g/mol. The Labute approximate surface area is 105 Å². The van der Waals surface area contributed by atoms with Gasteiger partial charge in [0.1, 0.15) is 11.9 Å². The molecule has 0 bridgehead atoms. The van der Waals surface area contributed by atoms with Gasteiger partial charge in [0.05, 0.1) is 12.3 Å². The first-order valence-electron chi connectivity index (χ1n) is 6.04. The lowest BCUT2D eigenvalue weighted by Crippen LogP contribution is -2.02. The highest BCUT2D eigenvalue weighted by molar-refractivity contribution is 5.34. The molecule has 1 aromatic carbocycles. The van der Waals surface area contributed by atoms with E-state index in [0.717, 1.165) is 29.7 Å². The molecule has 0 aliphatic heterocycles. The summed E-state index contributed by atoms with van der Waals surface area (Å²) < 4.78 is 5.71. The molecule has 1 atom stereocenters. The summed E-state index contributed by atoms with van der Waals surface area (Å²) in [7, 11) is 0. The second kappa shape index (κ2) is 4.74. The molecular weight excluding hydrogens is 228 g/mol. The maximum absolute atomic E-state index is 10.2. The molecule has 0 radical (unpaired) electrons. The Morgan fingerprint density at radius 2 is 2.06 bits per heavy atom. The zero-order valence-electron chi connectivity index (χ0n) is 9.86. The van der Waals surface area contributed by atoms with Crippen molar-refractivity contribution in [3.05, 3.63) is 53.9 Å². The Bertz CT molecular complexity index is 526. The highest BCUT2D eigenvalue weighted by atomic mass is 16.5. The fourth-order valence-electron chi connectivity index (χ4n) is 1.79. The van der Waals surface area contributed by atoms with Crippen molar-refractivity contribution in [2.45, 2.75) is 25.0 Å². The quantitative estimate of drug-likeness (QED) is 0.892. The van der Waals surface area contributed by atoms with Crippen molar-refractivity contribution in [2.24, 2.45) is 0 Å². The van der Waals surface area contributed by atoms with Crippen molar-refractivity contribution in [3.63, 3.8) is 0 Å². The Balaban J connectivity index is 1.82. The van der Waals surface area contributed by atoms with Gasteiger partial charge in [0.15, 0.2) is 0 Å². The summed E-state index contributed by atoms with van der Waals surface area (Å²) in [4.78, 5) is 0. The van der Waals surface area contributed by atoms with Crippen LogP contribution in [-0.4, -0.2) is 21.4 Å². The van der Waals surface area contributed by atoms with Crippen LogP contribution in [-0.2, 0) is 0 Å². The van der Waals surface area contributed by atoms with Crippen molar-refractivity contribution in [1.82, 2.24) is 10.2 Å². The summed E-state index contributed by atoms with van der Waals surface area (Å²) in [5, 5.41) is 17.7. The van der Waals surface area contributed by atoms with Gasteiger partial charge in [-0.1, -0.05) is 12.1 Å². The number of hydrogen-bond acceptors (Lipinski definition) is 4. The Kier molecular flexibility index (Phi) is 2.94. The van der Waals surface area contributed by atoms with Crippen molar-refractivity contribution in [1.29, 1.82) is 0 Å². The first-order valence-corrected chi connectivity index (χ1v) is 6.04. The van der Waals surface area contributed by atoms with Crippen molar-refractivity contribution in [2.75, 3.05) is 0 Å². The molecule has 1 heterocycles. The van der Waals surface area contributed by atoms with E-state index in [-0.39, 0.29) is 0 Å². The molecule has 1 unspecified atom stereocenters. The number of benzene rings is 1. The molecule has 4 heteroatoms. The molecule has 1 N–H and O–H groups in total. The lowest BCUT2D eigenvalue weighted by molar-refractivity contribution is 0.218. The van der Waals surface area contributed by atoms with Crippen LogP contribution in [0.5, 0.6) is 5.75 Å². The highest BCUT2D eigenvalue weighted by Crippen LogP contribution is 2.29. The van der Waals surface area contributed by atoms with Crippen LogP contribution >= 0.6 is 0 Å².